The van der Waals surface area contributed by atoms with Gasteiger partial charge in [0.15, 0.2) is 0 Å². The standard InChI is InChI=1S/C24H20Cl2N4O2/c1-14-3-10-22(27-13-14)28-23(32)12-20-15(2)24(16-4-7-18(31)8-5-16)30(29-20)21-9-6-17(25)11-19(21)26/h3-11,13,31H,12H2,1-2H3,(H,27,28,32). The molecular formula is C24H20Cl2N4O2. The van der Waals surface area contributed by atoms with Crippen LogP contribution in [0.1, 0.15) is 16.8 Å². The van der Waals surface area contributed by atoms with Gasteiger partial charge in [-0.2, -0.15) is 5.10 Å². The lowest BCUT2D eigenvalue weighted by Gasteiger charge is -2.11. The van der Waals surface area contributed by atoms with Crippen LogP contribution in [0.5, 0.6) is 5.75 Å². The van der Waals surface area contributed by atoms with Crippen LogP contribution in [0.4, 0.5) is 5.82 Å². The SMILES string of the molecule is Cc1ccc(NC(=O)Cc2nn(-c3ccc(Cl)cc3Cl)c(-c3ccc(O)cc3)c2C)nc1. The fraction of sp³-hybridized carbons (Fsp3) is 0.125. The molecule has 4 aromatic rings. The van der Waals surface area contributed by atoms with E-state index < -0.39 is 0 Å². The van der Waals surface area contributed by atoms with Crippen LogP contribution in [0.3, 0.4) is 0 Å². The molecule has 0 radical (unpaired) electrons. The third-order valence-corrected chi connectivity index (χ3v) is 5.54. The van der Waals surface area contributed by atoms with Crippen LogP contribution in [0.15, 0.2) is 60.8 Å². The van der Waals surface area contributed by atoms with E-state index in [4.69, 9.17) is 28.3 Å². The van der Waals surface area contributed by atoms with Gasteiger partial charge in [0, 0.05) is 16.8 Å². The number of rotatable bonds is 5. The second kappa shape index (κ2) is 9.02. The first-order valence-electron chi connectivity index (χ1n) is 9.87. The van der Waals surface area contributed by atoms with E-state index in [0.29, 0.717) is 27.2 Å². The number of carbonyl (C=O) groups excluding carboxylic acids is 1. The number of pyridine rings is 1. The number of anilines is 1. The Balaban J connectivity index is 1.74. The van der Waals surface area contributed by atoms with Gasteiger partial charge in [0.25, 0.3) is 0 Å². The van der Waals surface area contributed by atoms with Crippen molar-refractivity contribution in [2.45, 2.75) is 20.3 Å². The van der Waals surface area contributed by atoms with Gasteiger partial charge in [-0.3, -0.25) is 4.79 Å². The van der Waals surface area contributed by atoms with Crippen molar-refractivity contribution < 1.29 is 9.90 Å². The van der Waals surface area contributed by atoms with E-state index in [-0.39, 0.29) is 18.1 Å². The molecule has 32 heavy (non-hydrogen) atoms. The Morgan fingerprint density at radius 3 is 2.47 bits per heavy atom. The lowest BCUT2D eigenvalue weighted by molar-refractivity contribution is -0.115. The second-order valence-corrected chi connectivity index (χ2v) is 8.26. The average Bonchev–Trinajstić information content (AvgIpc) is 3.06. The summed E-state index contributed by atoms with van der Waals surface area (Å²) in [6.45, 7) is 3.84. The molecule has 0 aliphatic rings. The highest BCUT2D eigenvalue weighted by Crippen LogP contribution is 2.33. The van der Waals surface area contributed by atoms with Gasteiger partial charge in [0.2, 0.25) is 5.91 Å². The zero-order valence-corrected chi connectivity index (χ0v) is 18.9. The fourth-order valence-corrected chi connectivity index (χ4v) is 3.86. The number of aryl methyl sites for hydroxylation is 1. The van der Waals surface area contributed by atoms with E-state index in [9.17, 15) is 9.90 Å². The number of carbonyl (C=O) groups is 1. The molecule has 0 aliphatic carbocycles. The minimum Gasteiger partial charge on any atom is -0.508 e. The van der Waals surface area contributed by atoms with Crippen LogP contribution in [0.25, 0.3) is 16.9 Å². The zero-order valence-electron chi connectivity index (χ0n) is 17.4. The third-order valence-electron chi connectivity index (χ3n) is 5.01. The Labute approximate surface area is 195 Å². The molecule has 0 aliphatic heterocycles. The molecule has 4 rings (SSSR count). The number of phenolic OH excluding ortho intramolecular Hbond substituents is 1. The van der Waals surface area contributed by atoms with Crippen molar-refractivity contribution in [1.82, 2.24) is 14.8 Å². The normalized spacial score (nSPS) is 10.9. The molecule has 0 atom stereocenters. The molecule has 2 aromatic heterocycles. The maximum absolute atomic E-state index is 12.7. The maximum Gasteiger partial charge on any atom is 0.231 e. The van der Waals surface area contributed by atoms with Crippen LogP contribution >= 0.6 is 23.2 Å². The summed E-state index contributed by atoms with van der Waals surface area (Å²) in [5.74, 6) is 0.415. The van der Waals surface area contributed by atoms with Gasteiger partial charge in [-0.25, -0.2) is 9.67 Å². The first kappa shape index (κ1) is 21.9. The number of amides is 1. The predicted octanol–water partition coefficient (Wildman–Crippen LogP) is 5.74. The number of aromatic nitrogens is 3. The lowest BCUT2D eigenvalue weighted by Crippen LogP contribution is -2.16. The van der Waals surface area contributed by atoms with E-state index in [1.54, 1.807) is 59.4 Å². The third kappa shape index (κ3) is 4.61. The van der Waals surface area contributed by atoms with Gasteiger partial charge >= 0.3 is 0 Å². The van der Waals surface area contributed by atoms with E-state index >= 15 is 0 Å². The fourth-order valence-electron chi connectivity index (χ4n) is 3.38. The van der Waals surface area contributed by atoms with Crippen LogP contribution < -0.4 is 5.32 Å². The van der Waals surface area contributed by atoms with Crippen molar-refractivity contribution in [3.8, 4) is 22.7 Å². The minimum absolute atomic E-state index is 0.0602. The molecule has 2 aromatic carbocycles. The van der Waals surface area contributed by atoms with Crippen LogP contribution in [0.2, 0.25) is 10.0 Å². The Morgan fingerprint density at radius 1 is 1.06 bits per heavy atom. The number of benzene rings is 2. The molecule has 0 saturated carbocycles. The Kier molecular flexibility index (Phi) is 6.17. The maximum atomic E-state index is 12.7. The number of nitrogens with one attached hydrogen (secondary N) is 1. The van der Waals surface area contributed by atoms with Gasteiger partial charge in [-0.05, 0) is 73.5 Å². The molecule has 0 unspecified atom stereocenters. The molecule has 2 N–H and O–H groups in total. The first-order chi connectivity index (χ1) is 15.3. The molecule has 6 nitrogen and oxygen atoms in total. The summed E-state index contributed by atoms with van der Waals surface area (Å²) < 4.78 is 1.70. The van der Waals surface area contributed by atoms with Crippen molar-refractivity contribution in [3.63, 3.8) is 0 Å². The summed E-state index contributed by atoms with van der Waals surface area (Å²) in [6, 6.07) is 15.6. The van der Waals surface area contributed by atoms with Gasteiger partial charge in [-0.1, -0.05) is 29.3 Å². The van der Waals surface area contributed by atoms with Crippen molar-refractivity contribution >= 4 is 34.9 Å². The first-order valence-corrected chi connectivity index (χ1v) is 10.6. The molecular weight excluding hydrogens is 447 g/mol. The number of aromatic hydroxyl groups is 1. The highest BCUT2D eigenvalue weighted by atomic mass is 35.5. The topological polar surface area (TPSA) is 80.0 Å². The van der Waals surface area contributed by atoms with Crippen molar-refractivity contribution in [3.05, 3.63) is 87.7 Å². The molecule has 0 fully saturated rings. The smallest absolute Gasteiger partial charge is 0.231 e. The molecule has 0 saturated heterocycles. The zero-order chi connectivity index (χ0) is 22.8. The molecule has 0 bridgehead atoms. The number of nitrogens with zero attached hydrogens (tertiary/aromatic N) is 3. The van der Waals surface area contributed by atoms with Crippen LogP contribution in [0, 0.1) is 13.8 Å². The van der Waals surface area contributed by atoms with Crippen molar-refractivity contribution in [2.24, 2.45) is 0 Å². The molecule has 162 valence electrons. The molecule has 1 amide bonds. The largest absolute Gasteiger partial charge is 0.508 e. The summed E-state index contributed by atoms with van der Waals surface area (Å²) in [6.07, 6.45) is 1.76. The van der Waals surface area contributed by atoms with Crippen molar-refractivity contribution in [2.75, 3.05) is 5.32 Å². The summed E-state index contributed by atoms with van der Waals surface area (Å²) in [5.41, 5.74) is 4.67. The summed E-state index contributed by atoms with van der Waals surface area (Å²) in [7, 11) is 0. The summed E-state index contributed by atoms with van der Waals surface area (Å²) in [4.78, 5) is 16.9. The minimum atomic E-state index is -0.228. The van der Waals surface area contributed by atoms with E-state index in [0.717, 1.165) is 22.4 Å². The summed E-state index contributed by atoms with van der Waals surface area (Å²) in [5, 5.41) is 18.2. The molecule has 0 spiro atoms. The van der Waals surface area contributed by atoms with Gasteiger partial charge < -0.3 is 10.4 Å². The number of hydrogen-bond donors (Lipinski definition) is 2. The average molecular weight is 467 g/mol. The predicted molar refractivity (Wildman–Crippen MR) is 127 cm³/mol. The highest BCUT2D eigenvalue weighted by Gasteiger charge is 2.21. The molecule has 8 heteroatoms. The second-order valence-electron chi connectivity index (χ2n) is 7.42. The van der Waals surface area contributed by atoms with Crippen molar-refractivity contribution in [1.29, 1.82) is 0 Å². The Bertz CT molecular complexity index is 1280. The molecule has 2 heterocycles. The summed E-state index contributed by atoms with van der Waals surface area (Å²) >= 11 is 12.5. The van der Waals surface area contributed by atoms with Crippen LogP contribution in [-0.4, -0.2) is 25.8 Å². The van der Waals surface area contributed by atoms with Gasteiger partial charge in [0.1, 0.15) is 11.6 Å². The number of phenols is 1. The van der Waals surface area contributed by atoms with Crippen LogP contribution in [-0.2, 0) is 11.2 Å². The van der Waals surface area contributed by atoms with Gasteiger partial charge in [0.05, 0.1) is 28.5 Å². The van der Waals surface area contributed by atoms with E-state index in [1.807, 2.05) is 19.9 Å². The Morgan fingerprint density at radius 2 is 1.81 bits per heavy atom. The van der Waals surface area contributed by atoms with Gasteiger partial charge in [-0.15, -0.1) is 0 Å². The van der Waals surface area contributed by atoms with E-state index in [1.165, 1.54) is 0 Å². The highest BCUT2D eigenvalue weighted by molar-refractivity contribution is 6.35. The number of halogens is 2. The Hall–Kier alpha value is -3.35. The number of hydrogen-bond acceptors (Lipinski definition) is 4. The van der Waals surface area contributed by atoms with E-state index in [2.05, 4.69) is 10.3 Å². The quantitative estimate of drug-likeness (QED) is 0.392. The monoisotopic (exact) mass is 466 g/mol. The lowest BCUT2D eigenvalue weighted by atomic mass is 10.0.